The fourth-order valence-corrected chi connectivity index (χ4v) is 3.34. The summed E-state index contributed by atoms with van der Waals surface area (Å²) in [7, 11) is 0. The van der Waals surface area contributed by atoms with Crippen molar-refractivity contribution in [3.63, 3.8) is 0 Å². The van der Waals surface area contributed by atoms with Crippen molar-refractivity contribution in [2.24, 2.45) is 0 Å². The van der Waals surface area contributed by atoms with Gasteiger partial charge in [0.25, 0.3) is 0 Å². The van der Waals surface area contributed by atoms with Crippen molar-refractivity contribution in [3.8, 4) is 17.1 Å². The average Bonchev–Trinajstić information content (AvgIpc) is 3.29. The highest BCUT2D eigenvalue weighted by Gasteiger charge is 2.35. The Morgan fingerprint density at radius 2 is 2.07 bits per heavy atom. The number of benzene rings is 2. The van der Waals surface area contributed by atoms with Gasteiger partial charge in [0, 0.05) is 29.2 Å². The maximum Gasteiger partial charge on any atom is 0.232 e. The second-order valence-electron chi connectivity index (χ2n) is 6.30. The molecule has 3 aromatic rings. The summed E-state index contributed by atoms with van der Waals surface area (Å²) < 4.78 is 10.9. The topological polar surface area (TPSA) is 68.5 Å². The molecular formula is C20H18ClN3O3. The molecular weight excluding hydrogens is 366 g/mol. The standard InChI is InChI=1S/C20H18ClN3O3/c1-2-26-17-8-6-13(7-9-17)19-22-20(27-23-19)14-10-18(25)24(12-14)16-5-3-4-15(21)11-16/h3-9,11,14H,2,10,12H2,1H3/t14-/m0/s1. The molecule has 2 aromatic carbocycles. The van der Waals surface area contributed by atoms with Gasteiger partial charge < -0.3 is 14.2 Å². The number of aromatic nitrogens is 2. The van der Waals surface area contributed by atoms with Crippen molar-refractivity contribution in [2.45, 2.75) is 19.3 Å². The van der Waals surface area contributed by atoms with Crippen molar-refractivity contribution in [1.82, 2.24) is 10.1 Å². The van der Waals surface area contributed by atoms with Crippen LogP contribution in [0.2, 0.25) is 5.02 Å². The van der Waals surface area contributed by atoms with Crippen molar-refractivity contribution in [1.29, 1.82) is 0 Å². The summed E-state index contributed by atoms with van der Waals surface area (Å²) in [6.45, 7) is 3.05. The van der Waals surface area contributed by atoms with E-state index in [1.54, 1.807) is 17.0 Å². The van der Waals surface area contributed by atoms with Crippen LogP contribution in [0.25, 0.3) is 11.4 Å². The van der Waals surface area contributed by atoms with Crippen LogP contribution in [0.15, 0.2) is 53.1 Å². The molecule has 0 aliphatic carbocycles. The Morgan fingerprint density at radius 3 is 2.81 bits per heavy atom. The Kier molecular flexibility index (Phi) is 4.81. The lowest BCUT2D eigenvalue weighted by Crippen LogP contribution is -2.24. The van der Waals surface area contributed by atoms with Crippen LogP contribution in [0.1, 0.15) is 25.2 Å². The lowest BCUT2D eigenvalue weighted by atomic mass is 10.1. The third-order valence-electron chi connectivity index (χ3n) is 4.46. The Balaban J connectivity index is 1.51. The number of hydrogen-bond donors (Lipinski definition) is 0. The SMILES string of the molecule is CCOc1ccc(-c2noc([C@H]3CC(=O)N(c4cccc(Cl)c4)C3)n2)cc1. The molecule has 0 saturated carbocycles. The number of ether oxygens (including phenoxy) is 1. The van der Waals surface area contributed by atoms with Gasteiger partial charge in [-0.05, 0) is 49.4 Å². The van der Waals surface area contributed by atoms with E-state index in [1.165, 1.54) is 0 Å². The molecule has 6 nitrogen and oxygen atoms in total. The summed E-state index contributed by atoms with van der Waals surface area (Å²) in [5.41, 5.74) is 1.62. The predicted octanol–water partition coefficient (Wildman–Crippen LogP) is 4.31. The summed E-state index contributed by atoms with van der Waals surface area (Å²) >= 11 is 6.04. The average molecular weight is 384 g/mol. The lowest BCUT2D eigenvalue weighted by Gasteiger charge is -2.16. The third-order valence-corrected chi connectivity index (χ3v) is 4.69. The van der Waals surface area contributed by atoms with Crippen LogP contribution in [0.3, 0.4) is 0 Å². The van der Waals surface area contributed by atoms with Gasteiger partial charge in [-0.3, -0.25) is 4.79 Å². The van der Waals surface area contributed by atoms with Crippen molar-refractivity contribution in [2.75, 3.05) is 18.1 Å². The first-order valence-electron chi connectivity index (χ1n) is 8.77. The Hall–Kier alpha value is -2.86. The summed E-state index contributed by atoms with van der Waals surface area (Å²) in [5.74, 6) is 1.64. The number of anilines is 1. The molecule has 1 aromatic heterocycles. The molecule has 0 N–H and O–H groups in total. The molecule has 1 aliphatic heterocycles. The zero-order valence-corrected chi connectivity index (χ0v) is 15.5. The van der Waals surface area contributed by atoms with Gasteiger partial charge in [-0.15, -0.1) is 0 Å². The highest BCUT2D eigenvalue weighted by molar-refractivity contribution is 6.30. The number of nitrogens with zero attached hydrogens (tertiary/aromatic N) is 3. The molecule has 1 atom stereocenters. The van der Waals surface area contributed by atoms with E-state index >= 15 is 0 Å². The first kappa shape index (κ1) is 17.5. The molecule has 0 radical (unpaired) electrons. The van der Waals surface area contributed by atoms with Crippen LogP contribution in [0.4, 0.5) is 5.69 Å². The quantitative estimate of drug-likeness (QED) is 0.656. The summed E-state index contributed by atoms with van der Waals surface area (Å²) in [6.07, 6.45) is 0.331. The minimum atomic E-state index is -0.138. The number of carbonyl (C=O) groups excluding carboxylic acids is 1. The maximum absolute atomic E-state index is 12.4. The zero-order chi connectivity index (χ0) is 18.8. The van der Waals surface area contributed by atoms with Crippen molar-refractivity contribution >= 4 is 23.2 Å². The minimum Gasteiger partial charge on any atom is -0.494 e. The molecule has 1 fully saturated rings. The van der Waals surface area contributed by atoms with Gasteiger partial charge >= 0.3 is 0 Å². The highest BCUT2D eigenvalue weighted by atomic mass is 35.5. The van der Waals surface area contributed by atoms with E-state index in [1.807, 2.05) is 43.3 Å². The summed E-state index contributed by atoms with van der Waals surface area (Å²) in [6, 6.07) is 14.8. The van der Waals surface area contributed by atoms with E-state index in [0.29, 0.717) is 36.3 Å². The van der Waals surface area contributed by atoms with E-state index in [0.717, 1.165) is 17.0 Å². The van der Waals surface area contributed by atoms with Crippen LogP contribution < -0.4 is 9.64 Å². The molecule has 0 bridgehead atoms. The number of halogens is 1. The normalized spacial score (nSPS) is 16.7. The predicted molar refractivity (Wildman–Crippen MR) is 102 cm³/mol. The van der Waals surface area contributed by atoms with Gasteiger partial charge in [0.1, 0.15) is 5.75 Å². The zero-order valence-electron chi connectivity index (χ0n) is 14.8. The molecule has 2 heterocycles. The summed E-state index contributed by atoms with van der Waals surface area (Å²) in [4.78, 5) is 18.6. The first-order chi connectivity index (χ1) is 13.1. The molecule has 1 aliphatic rings. The Labute approximate surface area is 161 Å². The van der Waals surface area contributed by atoms with Gasteiger partial charge in [-0.25, -0.2) is 0 Å². The molecule has 1 amide bonds. The van der Waals surface area contributed by atoms with E-state index < -0.39 is 0 Å². The molecule has 27 heavy (non-hydrogen) atoms. The fourth-order valence-electron chi connectivity index (χ4n) is 3.15. The number of rotatable bonds is 5. The second-order valence-corrected chi connectivity index (χ2v) is 6.74. The van der Waals surface area contributed by atoms with E-state index in [-0.39, 0.29) is 11.8 Å². The van der Waals surface area contributed by atoms with Crippen molar-refractivity contribution < 1.29 is 14.1 Å². The van der Waals surface area contributed by atoms with Gasteiger partial charge in [-0.2, -0.15) is 4.98 Å². The third kappa shape index (κ3) is 3.66. The minimum absolute atomic E-state index is 0.0167. The largest absolute Gasteiger partial charge is 0.494 e. The van der Waals surface area contributed by atoms with Crippen LogP contribution in [-0.2, 0) is 4.79 Å². The van der Waals surface area contributed by atoms with Crippen molar-refractivity contribution in [3.05, 3.63) is 59.4 Å². The van der Waals surface area contributed by atoms with Gasteiger partial charge in [0.05, 0.1) is 12.5 Å². The van der Waals surface area contributed by atoms with Crippen LogP contribution in [0.5, 0.6) is 5.75 Å². The van der Waals surface area contributed by atoms with Gasteiger partial charge in [-0.1, -0.05) is 22.8 Å². The van der Waals surface area contributed by atoms with Gasteiger partial charge in [0.15, 0.2) is 0 Å². The van der Waals surface area contributed by atoms with Gasteiger partial charge in [0.2, 0.25) is 17.6 Å². The first-order valence-corrected chi connectivity index (χ1v) is 9.14. The molecule has 0 unspecified atom stereocenters. The molecule has 7 heteroatoms. The smallest absolute Gasteiger partial charge is 0.232 e. The molecule has 1 saturated heterocycles. The van der Waals surface area contributed by atoms with E-state index in [9.17, 15) is 4.79 Å². The highest BCUT2D eigenvalue weighted by Crippen LogP contribution is 2.33. The maximum atomic E-state index is 12.4. The number of hydrogen-bond acceptors (Lipinski definition) is 5. The Bertz CT molecular complexity index is 955. The molecule has 4 rings (SSSR count). The van der Waals surface area contributed by atoms with Crippen LogP contribution in [-0.4, -0.2) is 29.2 Å². The second kappa shape index (κ2) is 7.40. The van der Waals surface area contributed by atoms with Crippen LogP contribution >= 0.6 is 11.6 Å². The molecule has 0 spiro atoms. The number of amides is 1. The fraction of sp³-hybridized carbons (Fsp3) is 0.250. The van der Waals surface area contributed by atoms with Crippen LogP contribution in [0, 0.1) is 0 Å². The molecule has 138 valence electrons. The van der Waals surface area contributed by atoms with E-state index in [4.69, 9.17) is 20.9 Å². The number of carbonyl (C=O) groups is 1. The summed E-state index contributed by atoms with van der Waals surface area (Å²) in [5, 5.41) is 4.66. The van der Waals surface area contributed by atoms with E-state index in [2.05, 4.69) is 10.1 Å². The monoisotopic (exact) mass is 383 g/mol. The lowest BCUT2D eigenvalue weighted by molar-refractivity contribution is -0.117. The Morgan fingerprint density at radius 1 is 1.26 bits per heavy atom.